The number of rotatable bonds is 7. The predicted octanol–water partition coefficient (Wildman–Crippen LogP) is 3.77. The maximum absolute atomic E-state index is 13.1. The molecule has 0 spiro atoms. The van der Waals surface area contributed by atoms with Gasteiger partial charge in [-0.1, -0.05) is 36.3 Å². The lowest BCUT2D eigenvalue weighted by Gasteiger charge is -2.24. The lowest BCUT2D eigenvalue weighted by Crippen LogP contribution is -2.36. The van der Waals surface area contributed by atoms with Crippen molar-refractivity contribution in [1.29, 1.82) is 0 Å². The van der Waals surface area contributed by atoms with E-state index in [1.54, 1.807) is 24.1 Å². The standard InChI is InChI=1S/C21H23FN2O3/c1-3-21(25)24(13-15-5-4-6-18(11-15)26-2)14-19-12-20(23-27-19)16-7-9-17(22)10-8-16/h4-11,19H,3,12-14H2,1-2H3/t19-/m1/s1. The quantitative estimate of drug-likeness (QED) is 0.746. The summed E-state index contributed by atoms with van der Waals surface area (Å²) in [5, 5.41) is 4.13. The SMILES string of the molecule is CCC(=O)N(Cc1cccc(OC)c1)C[C@H]1CC(c2ccc(F)cc2)=NO1. The molecule has 6 heteroatoms. The molecule has 1 heterocycles. The summed E-state index contributed by atoms with van der Waals surface area (Å²) in [6.07, 6.45) is 0.783. The fraction of sp³-hybridized carbons (Fsp3) is 0.333. The van der Waals surface area contributed by atoms with E-state index in [9.17, 15) is 9.18 Å². The first kappa shape index (κ1) is 18.9. The third-order valence-corrected chi connectivity index (χ3v) is 4.50. The highest BCUT2D eigenvalue weighted by atomic mass is 19.1. The molecular formula is C21H23FN2O3. The van der Waals surface area contributed by atoms with Crippen LogP contribution < -0.4 is 4.74 Å². The summed E-state index contributed by atoms with van der Waals surface area (Å²) in [5.41, 5.74) is 2.60. The summed E-state index contributed by atoms with van der Waals surface area (Å²) < 4.78 is 18.3. The number of amides is 1. The highest BCUT2D eigenvalue weighted by molar-refractivity contribution is 6.01. The van der Waals surface area contributed by atoms with Gasteiger partial charge in [-0.25, -0.2) is 4.39 Å². The van der Waals surface area contributed by atoms with Gasteiger partial charge in [0.05, 0.1) is 19.4 Å². The minimum Gasteiger partial charge on any atom is -0.497 e. The summed E-state index contributed by atoms with van der Waals surface area (Å²) in [6, 6.07) is 13.8. The fourth-order valence-corrected chi connectivity index (χ4v) is 3.05. The minimum atomic E-state index is -0.284. The van der Waals surface area contributed by atoms with Crippen molar-refractivity contribution in [3.63, 3.8) is 0 Å². The molecule has 0 radical (unpaired) electrons. The Morgan fingerprint density at radius 1 is 1.30 bits per heavy atom. The van der Waals surface area contributed by atoms with Gasteiger partial charge in [0, 0.05) is 19.4 Å². The zero-order valence-corrected chi connectivity index (χ0v) is 15.5. The Labute approximate surface area is 158 Å². The summed E-state index contributed by atoms with van der Waals surface area (Å²) >= 11 is 0. The zero-order valence-electron chi connectivity index (χ0n) is 15.5. The Hall–Kier alpha value is -2.89. The monoisotopic (exact) mass is 370 g/mol. The maximum atomic E-state index is 13.1. The highest BCUT2D eigenvalue weighted by Gasteiger charge is 2.26. The molecule has 5 nitrogen and oxygen atoms in total. The summed E-state index contributed by atoms with van der Waals surface area (Å²) in [7, 11) is 1.62. The number of benzene rings is 2. The topological polar surface area (TPSA) is 51.1 Å². The number of halogens is 1. The second-order valence-electron chi connectivity index (χ2n) is 6.46. The van der Waals surface area contributed by atoms with Crippen molar-refractivity contribution < 1.29 is 18.8 Å². The van der Waals surface area contributed by atoms with Gasteiger partial charge in [0.1, 0.15) is 11.6 Å². The number of methoxy groups -OCH3 is 1. The Kier molecular flexibility index (Phi) is 6.06. The van der Waals surface area contributed by atoms with Gasteiger partial charge in [0.2, 0.25) is 5.91 Å². The van der Waals surface area contributed by atoms with E-state index in [4.69, 9.17) is 9.57 Å². The van der Waals surface area contributed by atoms with E-state index in [1.165, 1.54) is 12.1 Å². The summed E-state index contributed by atoms with van der Waals surface area (Å²) in [6.45, 7) is 2.77. The number of oxime groups is 1. The van der Waals surface area contributed by atoms with E-state index in [0.29, 0.717) is 25.9 Å². The van der Waals surface area contributed by atoms with Crippen molar-refractivity contribution >= 4 is 11.6 Å². The molecule has 0 fully saturated rings. The number of carbonyl (C=O) groups is 1. The molecule has 0 aromatic heterocycles. The Morgan fingerprint density at radius 3 is 2.78 bits per heavy atom. The van der Waals surface area contributed by atoms with Crippen LogP contribution in [0.25, 0.3) is 0 Å². The molecule has 2 aromatic rings. The first-order chi connectivity index (χ1) is 13.1. The highest BCUT2D eigenvalue weighted by Crippen LogP contribution is 2.20. The van der Waals surface area contributed by atoms with E-state index in [-0.39, 0.29) is 17.8 Å². The van der Waals surface area contributed by atoms with Crippen LogP contribution in [-0.2, 0) is 16.2 Å². The lowest BCUT2D eigenvalue weighted by molar-refractivity contribution is -0.133. The van der Waals surface area contributed by atoms with Gasteiger partial charge < -0.3 is 14.5 Å². The van der Waals surface area contributed by atoms with Crippen LogP contribution >= 0.6 is 0 Å². The van der Waals surface area contributed by atoms with Crippen molar-refractivity contribution in [3.05, 3.63) is 65.5 Å². The fourth-order valence-electron chi connectivity index (χ4n) is 3.05. The van der Waals surface area contributed by atoms with E-state index < -0.39 is 0 Å². The Balaban J connectivity index is 1.65. The van der Waals surface area contributed by atoms with Crippen LogP contribution in [0.1, 0.15) is 30.9 Å². The molecule has 1 amide bonds. The lowest BCUT2D eigenvalue weighted by atomic mass is 10.0. The van der Waals surface area contributed by atoms with Crippen molar-refractivity contribution in [1.82, 2.24) is 4.90 Å². The van der Waals surface area contributed by atoms with Gasteiger partial charge in [-0.3, -0.25) is 4.79 Å². The third kappa shape index (κ3) is 4.84. The number of ether oxygens (including phenoxy) is 1. The van der Waals surface area contributed by atoms with Gasteiger partial charge in [-0.2, -0.15) is 0 Å². The third-order valence-electron chi connectivity index (χ3n) is 4.50. The summed E-state index contributed by atoms with van der Waals surface area (Å²) in [4.78, 5) is 19.7. The molecule has 1 atom stereocenters. The molecule has 0 bridgehead atoms. The molecule has 0 saturated heterocycles. The van der Waals surface area contributed by atoms with Gasteiger partial charge >= 0.3 is 0 Å². The second-order valence-corrected chi connectivity index (χ2v) is 6.46. The van der Waals surface area contributed by atoms with E-state index in [0.717, 1.165) is 22.6 Å². The molecule has 0 saturated carbocycles. The molecule has 2 aromatic carbocycles. The smallest absolute Gasteiger partial charge is 0.222 e. The normalized spacial score (nSPS) is 15.8. The van der Waals surface area contributed by atoms with Crippen molar-refractivity contribution in [2.24, 2.45) is 5.16 Å². The second kappa shape index (κ2) is 8.66. The first-order valence-electron chi connectivity index (χ1n) is 8.98. The molecule has 0 unspecified atom stereocenters. The van der Waals surface area contributed by atoms with Crippen LogP contribution in [0.2, 0.25) is 0 Å². The number of carbonyl (C=O) groups excluding carboxylic acids is 1. The largest absolute Gasteiger partial charge is 0.497 e. The van der Waals surface area contributed by atoms with Crippen LogP contribution in [0.3, 0.4) is 0 Å². The van der Waals surface area contributed by atoms with Gasteiger partial charge in [-0.05, 0) is 35.4 Å². The van der Waals surface area contributed by atoms with Gasteiger partial charge in [0.25, 0.3) is 0 Å². The Bertz CT molecular complexity index is 820. The molecule has 0 N–H and O–H groups in total. The molecule has 0 aliphatic carbocycles. The summed E-state index contributed by atoms with van der Waals surface area (Å²) in [5.74, 6) is 0.528. The van der Waals surface area contributed by atoms with Crippen molar-refractivity contribution in [2.45, 2.75) is 32.4 Å². The van der Waals surface area contributed by atoms with Gasteiger partial charge in [0.15, 0.2) is 6.10 Å². The van der Waals surface area contributed by atoms with E-state index in [1.807, 2.05) is 31.2 Å². The molecule has 1 aliphatic heterocycles. The molecule has 3 rings (SSSR count). The zero-order chi connectivity index (χ0) is 19.2. The van der Waals surface area contributed by atoms with Crippen LogP contribution in [0.4, 0.5) is 4.39 Å². The maximum Gasteiger partial charge on any atom is 0.222 e. The first-order valence-corrected chi connectivity index (χ1v) is 8.98. The molecule has 142 valence electrons. The van der Waals surface area contributed by atoms with E-state index >= 15 is 0 Å². The van der Waals surface area contributed by atoms with Crippen molar-refractivity contribution in [2.75, 3.05) is 13.7 Å². The predicted molar refractivity (Wildman–Crippen MR) is 101 cm³/mol. The molecular weight excluding hydrogens is 347 g/mol. The van der Waals surface area contributed by atoms with E-state index in [2.05, 4.69) is 5.16 Å². The number of nitrogens with zero attached hydrogens (tertiary/aromatic N) is 2. The average Bonchev–Trinajstić information content (AvgIpc) is 3.16. The molecule has 1 aliphatic rings. The molecule has 27 heavy (non-hydrogen) atoms. The van der Waals surface area contributed by atoms with Crippen molar-refractivity contribution in [3.8, 4) is 5.75 Å². The van der Waals surface area contributed by atoms with Crippen LogP contribution in [0.5, 0.6) is 5.75 Å². The van der Waals surface area contributed by atoms with Gasteiger partial charge in [-0.15, -0.1) is 0 Å². The van der Waals surface area contributed by atoms with Crippen LogP contribution in [-0.4, -0.2) is 36.3 Å². The average molecular weight is 370 g/mol. The minimum absolute atomic E-state index is 0.0525. The van der Waals surface area contributed by atoms with Crippen LogP contribution in [0.15, 0.2) is 53.7 Å². The number of hydrogen-bond donors (Lipinski definition) is 0. The van der Waals surface area contributed by atoms with Crippen LogP contribution in [0, 0.1) is 5.82 Å². The Morgan fingerprint density at radius 2 is 2.07 bits per heavy atom. The number of hydrogen-bond acceptors (Lipinski definition) is 4.